The van der Waals surface area contributed by atoms with E-state index in [0.717, 1.165) is 24.4 Å². The fourth-order valence-corrected chi connectivity index (χ4v) is 3.34. The summed E-state index contributed by atoms with van der Waals surface area (Å²) in [5.41, 5.74) is 2.60. The molecule has 0 aliphatic carbocycles. The molecular formula is C17H19Cl2NS. The van der Waals surface area contributed by atoms with Gasteiger partial charge in [-0.3, -0.25) is 0 Å². The van der Waals surface area contributed by atoms with Crippen LogP contribution in [-0.4, -0.2) is 6.54 Å². The summed E-state index contributed by atoms with van der Waals surface area (Å²) >= 11 is 13.8. The molecule has 0 aromatic heterocycles. The zero-order valence-corrected chi connectivity index (χ0v) is 14.6. The molecule has 0 aliphatic rings. The number of halogens is 2. The van der Waals surface area contributed by atoms with Crippen molar-refractivity contribution in [2.24, 2.45) is 0 Å². The first kappa shape index (κ1) is 16.7. The van der Waals surface area contributed by atoms with Gasteiger partial charge in [0.15, 0.2) is 0 Å². The van der Waals surface area contributed by atoms with E-state index in [9.17, 15) is 0 Å². The predicted molar refractivity (Wildman–Crippen MR) is 93.8 cm³/mol. The van der Waals surface area contributed by atoms with Gasteiger partial charge < -0.3 is 5.32 Å². The molecule has 21 heavy (non-hydrogen) atoms. The first-order valence-corrected chi connectivity index (χ1v) is 8.60. The second-order valence-corrected chi connectivity index (χ2v) is 6.90. The minimum absolute atomic E-state index is 0.592. The third-order valence-electron chi connectivity index (χ3n) is 3.08. The van der Waals surface area contributed by atoms with Gasteiger partial charge in [0.2, 0.25) is 0 Å². The Morgan fingerprint density at radius 3 is 2.57 bits per heavy atom. The lowest BCUT2D eigenvalue weighted by atomic mass is 10.1. The smallest absolute Gasteiger partial charge is 0.0603 e. The molecule has 4 heteroatoms. The third kappa shape index (κ3) is 4.93. The summed E-state index contributed by atoms with van der Waals surface area (Å²) in [5.74, 6) is 0. The van der Waals surface area contributed by atoms with Crippen molar-refractivity contribution in [3.05, 3.63) is 57.6 Å². The van der Waals surface area contributed by atoms with Crippen LogP contribution in [0.15, 0.2) is 46.2 Å². The monoisotopic (exact) mass is 339 g/mol. The summed E-state index contributed by atoms with van der Waals surface area (Å²) in [4.78, 5) is 2.35. The lowest BCUT2D eigenvalue weighted by molar-refractivity contribution is 0.669. The highest BCUT2D eigenvalue weighted by Crippen LogP contribution is 2.34. The second kappa shape index (κ2) is 8.09. The van der Waals surface area contributed by atoms with E-state index in [0.29, 0.717) is 10.0 Å². The Balaban J connectivity index is 2.19. The molecule has 0 saturated heterocycles. The van der Waals surface area contributed by atoms with E-state index in [-0.39, 0.29) is 0 Å². The Bertz CT molecular complexity index is 614. The Morgan fingerprint density at radius 2 is 1.86 bits per heavy atom. The van der Waals surface area contributed by atoms with Crippen molar-refractivity contribution in [2.75, 3.05) is 6.54 Å². The van der Waals surface area contributed by atoms with Gasteiger partial charge in [-0.1, -0.05) is 59.6 Å². The topological polar surface area (TPSA) is 12.0 Å². The lowest BCUT2D eigenvalue weighted by Gasteiger charge is -2.11. The molecule has 0 radical (unpaired) electrons. The highest BCUT2D eigenvalue weighted by atomic mass is 35.5. The molecule has 0 aliphatic heterocycles. The average molecular weight is 340 g/mol. The summed E-state index contributed by atoms with van der Waals surface area (Å²) in [6.07, 6.45) is 1.14. The van der Waals surface area contributed by atoms with Crippen LogP contribution in [0.3, 0.4) is 0 Å². The standard InChI is InChI=1S/C17H19Cl2NS/c1-3-8-20-11-13-9-12(2)4-7-17(13)21-14-5-6-15(18)16(19)10-14/h4-7,9-10,20H,3,8,11H2,1-2H3. The molecule has 0 unspecified atom stereocenters. The zero-order chi connectivity index (χ0) is 15.2. The third-order valence-corrected chi connectivity index (χ3v) is 4.92. The maximum atomic E-state index is 6.09. The summed E-state index contributed by atoms with van der Waals surface area (Å²) in [6, 6.07) is 12.3. The molecule has 112 valence electrons. The van der Waals surface area contributed by atoms with Crippen LogP contribution in [0, 0.1) is 6.92 Å². The van der Waals surface area contributed by atoms with Gasteiger partial charge in [0.1, 0.15) is 0 Å². The van der Waals surface area contributed by atoms with E-state index in [2.05, 4.69) is 37.4 Å². The highest BCUT2D eigenvalue weighted by molar-refractivity contribution is 7.99. The number of rotatable bonds is 6. The van der Waals surface area contributed by atoms with Crippen molar-refractivity contribution in [3.63, 3.8) is 0 Å². The van der Waals surface area contributed by atoms with Crippen molar-refractivity contribution < 1.29 is 0 Å². The molecule has 0 atom stereocenters. The van der Waals surface area contributed by atoms with Gasteiger partial charge in [0.25, 0.3) is 0 Å². The second-order valence-electron chi connectivity index (χ2n) is 4.97. The molecule has 2 rings (SSSR count). The predicted octanol–water partition coefficient (Wildman–Crippen LogP) is 5.95. The van der Waals surface area contributed by atoms with Crippen LogP contribution in [0.4, 0.5) is 0 Å². The molecule has 1 nitrogen and oxygen atoms in total. The first-order chi connectivity index (χ1) is 10.1. The fourth-order valence-electron chi connectivity index (χ4n) is 2.01. The van der Waals surface area contributed by atoms with Gasteiger partial charge in [-0.25, -0.2) is 0 Å². The molecule has 0 bridgehead atoms. The van der Waals surface area contributed by atoms with Gasteiger partial charge in [0, 0.05) is 16.3 Å². The minimum Gasteiger partial charge on any atom is -0.313 e. The van der Waals surface area contributed by atoms with Gasteiger partial charge in [0.05, 0.1) is 10.0 Å². The molecule has 2 aromatic rings. The molecule has 0 amide bonds. The lowest BCUT2D eigenvalue weighted by Crippen LogP contribution is -2.14. The molecular weight excluding hydrogens is 321 g/mol. The number of hydrogen-bond acceptors (Lipinski definition) is 2. The van der Waals surface area contributed by atoms with Crippen molar-refractivity contribution >= 4 is 35.0 Å². The largest absolute Gasteiger partial charge is 0.313 e. The number of benzene rings is 2. The van der Waals surface area contributed by atoms with Gasteiger partial charge in [-0.15, -0.1) is 0 Å². The van der Waals surface area contributed by atoms with E-state index in [1.807, 2.05) is 18.2 Å². The van der Waals surface area contributed by atoms with Crippen LogP contribution >= 0.6 is 35.0 Å². The maximum absolute atomic E-state index is 6.09. The molecule has 0 saturated carbocycles. The zero-order valence-electron chi connectivity index (χ0n) is 12.2. The van der Waals surface area contributed by atoms with Crippen molar-refractivity contribution in [1.82, 2.24) is 5.32 Å². The van der Waals surface area contributed by atoms with E-state index in [4.69, 9.17) is 23.2 Å². The highest BCUT2D eigenvalue weighted by Gasteiger charge is 2.07. The normalized spacial score (nSPS) is 10.9. The molecule has 0 heterocycles. The number of aryl methyl sites for hydroxylation is 1. The fraction of sp³-hybridized carbons (Fsp3) is 0.294. The molecule has 0 spiro atoms. The SMILES string of the molecule is CCCNCc1cc(C)ccc1Sc1ccc(Cl)c(Cl)c1. The summed E-state index contributed by atoms with van der Waals surface area (Å²) in [7, 11) is 0. The van der Waals surface area contributed by atoms with E-state index in [1.54, 1.807) is 11.8 Å². The van der Waals surface area contributed by atoms with Gasteiger partial charge in [-0.05, 0) is 49.7 Å². The van der Waals surface area contributed by atoms with Crippen LogP contribution < -0.4 is 5.32 Å². The van der Waals surface area contributed by atoms with Crippen LogP contribution in [0.25, 0.3) is 0 Å². The number of hydrogen-bond donors (Lipinski definition) is 1. The van der Waals surface area contributed by atoms with Crippen LogP contribution in [0.1, 0.15) is 24.5 Å². The van der Waals surface area contributed by atoms with Crippen LogP contribution in [-0.2, 0) is 6.54 Å². The van der Waals surface area contributed by atoms with E-state index < -0.39 is 0 Å². The van der Waals surface area contributed by atoms with E-state index in [1.165, 1.54) is 16.0 Å². The Kier molecular flexibility index (Phi) is 6.43. The maximum Gasteiger partial charge on any atom is 0.0603 e. The van der Waals surface area contributed by atoms with Crippen molar-refractivity contribution in [2.45, 2.75) is 36.6 Å². The van der Waals surface area contributed by atoms with E-state index >= 15 is 0 Å². The van der Waals surface area contributed by atoms with Gasteiger partial charge in [-0.2, -0.15) is 0 Å². The summed E-state index contributed by atoms with van der Waals surface area (Å²) in [6.45, 7) is 6.22. The van der Waals surface area contributed by atoms with Crippen LogP contribution in [0.2, 0.25) is 10.0 Å². The molecule has 1 N–H and O–H groups in total. The molecule has 2 aromatic carbocycles. The minimum atomic E-state index is 0.592. The summed E-state index contributed by atoms with van der Waals surface area (Å²) < 4.78 is 0. The number of nitrogens with one attached hydrogen (secondary N) is 1. The quantitative estimate of drug-likeness (QED) is 0.652. The Hall–Kier alpha value is -0.670. The molecule has 0 fully saturated rings. The Morgan fingerprint density at radius 1 is 1.05 bits per heavy atom. The first-order valence-electron chi connectivity index (χ1n) is 7.03. The van der Waals surface area contributed by atoms with Crippen molar-refractivity contribution in [1.29, 1.82) is 0 Å². The summed E-state index contributed by atoms with van der Waals surface area (Å²) in [5, 5.41) is 4.65. The Labute approximate surface area is 141 Å². The van der Waals surface area contributed by atoms with Gasteiger partial charge >= 0.3 is 0 Å². The van der Waals surface area contributed by atoms with Crippen LogP contribution in [0.5, 0.6) is 0 Å². The average Bonchev–Trinajstić information content (AvgIpc) is 2.46. The van der Waals surface area contributed by atoms with Crippen molar-refractivity contribution in [3.8, 4) is 0 Å².